The predicted octanol–water partition coefficient (Wildman–Crippen LogP) is 2.27. The number of furan rings is 1. The minimum absolute atomic E-state index is 0.374. The summed E-state index contributed by atoms with van der Waals surface area (Å²) in [5, 5.41) is 3.48. The number of likely N-dealkylation sites (N-methyl/N-ethyl adjacent to an activating group) is 1. The largest absolute Gasteiger partial charge is 0.472 e. The maximum absolute atomic E-state index is 5.05. The van der Waals surface area contributed by atoms with Gasteiger partial charge in [-0.25, -0.2) is 0 Å². The first-order valence-electron chi connectivity index (χ1n) is 5.75. The summed E-state index contributed by atoms with van der Waals surface area (Å²) < 4.78 is 5.05. The van der Waals surface area contributed by atoms with Crippen molar-refractivity contribution in [1.82, 2.24) is 10.2 Å². The van der Waals surface area contributed by atoms with Crippen LogP contribution in [-0.2, 0) is 0 Å². The van der Waals surface area contributed by atoms with Crippen LogP contribution in [0, 0.1) is 0 Å². The first kappa shape index (κ1) is 12.3. The fourth-order valence-corrected chi connectivity index (χ4v) is 1.62. The summed E-state index contributed by atoms with van der Waals surface area (Å²) in [4.78, 5) is 2.41. The van der Waals surface area contributed by atoms with Crippen molar-refractivity contribution in [3.63, 3.8) is 0 Å². The molecule has 1 atom stereocenters. The van der Waals surface area contributed by atoms with E-state index in [4.69, 9.17) is 4.42 Å². The standard InChI is InChI=1S/C12H22N2O/c1-4-14(5-2)8-7-13-11(3)12-6-9-15-10-12/h6,9-11,13H,4-5,7-8H2,1-3H3. The summed E-state index contributed by atoms with van der Waals surface area (Å²) in [6.07, 6.45) is 3.52. The van der Waals surface area contributed by atoms with E-state index in [1.54, 1.807) is 12.5 Å². The van der Waals surface area contributed by atoms with Crippen LogP contribution >= 0.6 is 0 Å². The van der Waals surface area contributed by atoms with Crippen LogP contribution in [0.4, 0.5) is 0 Å². The quantitative estimate of drug-likeness (QED) is 0.748. The van der Waals surface area contributed by atoms with Gasteiger partial charge in [-0.3, -0.25) is 0 Å². The van der Waals surface area contributed by atoms with Crippen molar-refractivity contribution >= 4 is 0 Å². The Morgan fingerprint density at radius 1 is 1.40 bits per heavy atom. The minimum Gasteiger partial charge on any atom is -0.472 e. The third-order valence-electron chi connectivity index (χ3n) is 2.82. The van der Waals surface area contributed by atoms with Gasteiger partial charge in [0.25, 0.3) is 0 Å². The molecule has 0 amide bonds. The molecule has 1 aromatic heterocycles. The molecule has 3 nitrogen and oxygen atoms in total. The van der Waals surface area contributed by atoms with Crippen LogP contribution in [0.5, 0.6) is 0 Å². The highest BCUT2D eigenvalue weighted by Crippen LogP contribution is 2.11. The van der Waals surface area contributed by atoms with Crippen LogP contribution in [-0.4, -0.2) is 31.1 Å². The summed E-state index contributed by atoms with van der Waals surface area (Å²) in [6, 6.07) is 2.38. The smallest absolute Gasteiger partial charge is 0.0950 e. The molecule has 1 unspecified atom stereocenters. The molecule has 1 N–H and O–H groups in total. The van der Waals surface area contributed by atoms with E-state index in [9.17, 15) is 0 Å². The van der Waals surface area contributed by atoms with Crippen molar-refractivity contribution in [3.8, 4) is 0 Å². The third-order valence-corrected chi connectivity index (χ3v) is 2.82. The Morgan fingerprint density at radius 2 is 2.13 bits per heavy atom. The lowest BCUT2D eigenvalue weighted by Crippen LogP contribution is -2.32. The van der Waals surface area contributed by atoms with Gasteiger partial charge in [-0.05, 0) is 26.1 Å². The highest BCUT2D eigenvalue weighted by molar-refractivity contribution is 5.10. The molecule has 0 fully saturated rings. The van der Waals surface area contributed by atoms with E-state index in [0.717, 1.165) is 26.2 Å². The molecule has 1 rings (SSSR count). The van der Waals surface area contributed by atoms with E-state index in [0.29, 0.717) is 6.04 Å². The molecule has 15 heavy (non-hydrogen) atoms. The van der Waals surface area contributed by atoms with Gasteiger partial charge in [0, 0.05) is 24.7 Å². The van der Waals surface area contributed by atoms with Crippen molar-refractivity contribution in [3.05, 3.63) is 24.2 Å². The molecular weight excluding hydrogens is 188 g/mol. The zero-order chi connectivity index (χ0) is 11.1. The second kappa shape index (κ2) is 6.64. The van der Waals surface area contributed by atoms with Crippen LogP contribution in [0.15, 0.2) is 23.0 Å². The molecule has 1 heterocycles. The van der Waals surface area contributed by atoms with Gasteiger partial charge in [-0.15, -0.1) is 0 Å². The van der Waals surface area contributed by atoms with Crippen LogP contribution in [0.25, 0.3) is 0 Å². The topological polar surface area (TPSA) is 28.4 Å². The monoisotopic (exact) mass is 210 g/mol. The molecule has 0 saturated carbocycles. The van der Waals surface area contributed by atoms with Crippen molar-refractivity contribution < 1.29 is 4.42 Å². The average Bonchev–Trinajstić information content (AvgIpc) is 2.77. The summed E-state index contributed by atoms with van der Waals surface area (Å²) in [6.45, 7) is 10.9. The van der Waals surface area contributed by atoms with E-state index in [1.807, 2.05) is 6.07 Å². The maximum Gasteiger partial charge on any atom is 0.0950 e. The molecule has 1 aromatic rings. The van der Waals surface area contributed by atoms with Crippen LogP contribution in [0.1, 0.15) is 32.4 Å². The molecule has 0 aliphatic heterocycles. The second-order valence-corrected chi connectivity index (χ2v) is 3.76. The first-order valence-corrected chi connectivity index (χ1v) is 5.75. The maximum atomic E-state index is 5.05. The number of hydrogen-bond acceptors (Lipinski definition) is 3. The average molecular weight is 210 g/mol. The van der Waals surface area contributed by atoms with Crippen LogP contribution < -0.4 is 5.32 Å². The number of hydrogen-bond donors (Lipinski definition) is 1. The lowest BCUT2D eigenvalue weighted by Gasteiger charge is -2.19. The van der Waals surface area contributed by atoms with E-state index in [1.165, 1.54) is 5.56 Å². The number of nitrogens with one attached hydrogen (secondary N) is 1. The molecule has 86 valence electrons. The molecule has 0 bridgehead atoms. The van der Waals surface area contributed by atoms with Crippen molar-refractivity contribution in [1.29, 1.82) is 0 Å². The zero-order valence-corrected chi connectivity index (χ0v) is 9.99. The molecule has 0 aromatic carbocycles. The Kier molecular flexibility index (Phi) is 5.43. The number of rotatable bonds is 7. The van der Waals surface area contributed by atoms with Gasteiger partial charge >= 0.3 is 0 Å². The second-order valence-electron chi connectivity index (χ2n) is 3.76. The molecule has 0 aliphatic rings. The van der Waals surface area contributed by atoms with Gasteiger partial charge < -0.3 is 14.6 Å². The van der Waals surface area contributed by atoms with Crippen molar-refractivity contribution in [2.45, 2.75) is 26.8 Å². The zero-order valence-electron chi connectivity index (χ0n) is 9.99. The Hall–Kier alpha value is -0.800. The summed E-state index contributed by atoms with van der Waals surface area (Å²) in [5.74, 6) is 0. The van der Waals surface area contributed by atoms with Gasteiger partial charge in [-0.2, -0.15) is 0 Å². The van der Waals surface area contributed by atoms with E-state index in [-0.39, 0.29) is 0 Å². The molecule has 0 saturated heterocycles. The van der Waals surface area contributed by atoms with Gasteiger partial charge in [0.15, 0.2) is 0 Å². The van der Waals surface area contributed by atoms with Gasteiger partial charge in [0.1, 0.15) is 0 Å². The lowest BCUT2D eigenvalue weighted by atomic mass is 10.2. The van der Waals surface area contributed by atoms with Gasteiger partial charge in [0.05, 0.1) is 12.5 Å². The normalized spacial score (nSPS) is 13.3. The van der Waals surface area contributed by atoms with E-state index in [2.05, 4.69) is 31.0 Å². The first-order chi connectivity index (χ1) is 7.27. The fourth-order valence-electron chi connectivity index (χ4n) is 1.62. The Labute approximate surface area is 92.5 Å². The van der Waals surface area contributed by atoms with Crippen molar-refractivity contribution in [2.24, 2.45) is 0 Å². The van der Waals surface area contributed by atoms with Crippen LogP contribution in [0.3, 0.4) is 0 Å². The molecule has 0 radical (unpaired) electrons. The van der Waals surface area contributed by atoms with E-state index >= 15 is 0 Å². The van der Waals surface area contributed by atoms with Crippen molar-refractivity contribution in [2.75, 3.05) is 26.2 Å². The molecule has 0 spiro atoms. The predicted molar refractivity (Wildman–Crippen MR) is 62.9 cm³/mol. The Morgan fingerprint density at radius 3 is 2.67 bits per heavy atom. The minimum atomic E-state index is 0.374. The molecular formula is C12H22N2O. The summed E-state index contributed by atoms with van der Waals surface area (Å²) in [5.41, 5.74) is 1.22. The Bertz CT molecular complexity index is 242. The summed E-state index contributed by atoms with van der Waals surface area (Å²) in [7, 11) is 0. The number of nitrogens with zero attached hydrogens (tertiary/aromatic N) is 1. The third kappa shape index (κ3) is 4.06. The van der Waals surface area contributed by atoms with Crippen LogP contribution in [0.2, 0.25) is 0 Å². The van der Waals surface area contributed by atoms with E-state index < -0.39 is 0 Å². The SMILES string of the molecule is CCN(CC)CCNC(C)c1ccoc1. The molecule has 3 heteroatoms. The Balaban J connectivity index is 2.20. The highest BCUT2D eigenvalue weighted by atomic mass is 16.3. The molecule has 0 aliphatic carbocycles. The fraction of sp³-hybridized carbons (Fsp3) is 0.667. The van der Waals surface area contributed by atoms with Gasteiger partial charge in [-0.1, -0.05) is 13.8 Å². The highest BCUT2D eigenvalue weighted by Gasteiger charge is 2.05. The van der Waals surface area contributed by atoms with Gasteiger partial charge in [0.2, 0.25) is 0 Å². The lowest BCUT2D eigenvalue weighted by molar-refractivity contribution is 0.298. The summed E-state index contributed by atoms with van der Waals surface area (Å²) >= 11 is 0.